The first-order valence-corrected chi connectivity index (χ1v) is 14.8. The summed E-state index contributed by atoms with van der Waals surface area (Å²) in [5.74, 6) is -0.0797. The van der Waals surface area contributed by atoms with Crippen molar-refractivity contribution in [3.8, 4) is 0 Å². The lowest BCUT2D eigenvalue weighted by molar-refractivity contribution is -0.0529. The van der Waals surface area contributed by atoms with Gasteiger partial charge in [-0.15, -0.1) is 0 Å². The number of nitrogens with two attached hydrogens (primary N) is 2. The molecule has 4 aromatic rings. The Bertz CT molecular complexity index is 1700. The Hall–Kier alpha value is -3.23. The zero-order valence-corrected chi connectivity index (χ0v) is 22.6. The smallest absolute Gasteiger partial charge is 0.386 e. The number of nitrogen functional groups attached to an aromatic ring is 2. The van der Waals surface area contributed by atoms with E-state index < -0.39 is 68.6 Å². The van der Waals surface area contributed by atoms with Crippen molar-refractivity contribution in [1.82, 2.24) is 39.0 Å². The largest absolute Gasteiger partial charge is 0.394 e. The van der Waals surface area contributed by atoms with E-state index in [-0.39, 0.29) is 40.5 Å². The average molecular weight is 615 g/mol. The Balaban J connectivity index is 1.16. The number of imidazole rings is 2. The molecule has 2 aliphatic rings. The van der Waals surface area contributed by atoms with Crippen molar-refractivity contribution in [2.75, 3.05) is 24.7 Å². The normalized spacial score (nSPS) is 29.9. The van der Waals surface area contributed by atoms with E-state index in [0.717, 1.165) is 0 Å². The molecule has 41 heavy (non-hydrogen) atoms. The van der Waals surface area contributed by atoms with Crippen LogP contribution in [0.1, 0.15) is 18.9 Å². The molecule has 8 atom stereocenters. The highest BCUT2D eigenvalue weighted by Gasteiger charge is 2.47. The van der Waals surface area contributed by atoms with Crippen LogP contribution in [-0.4, -0.2) is 93.1 Å². The zero-order valence-electron chi connectivity index (χ0n) is 20.8. The predicted octanol–water partition coefficient (Wildman–Crippen LogP) is -0.560. The third-order valence-electron chi connectivity index (χ3n) is 6.70. The first kappa shape index (κ1) is 27.9. The third-order valence-corrected chi connectivity index (χ3v) is 8.34. The summed E-state index contributed by atoms with van der Waals surface area (Å²) in [4.78, 5) is 34.6. The van der Waals surface area contributed by atoms with Crippen LogP contribution in [0.4, 0.5) is 16.2 Å². The van der Waals surface area contributed by atoms with E-state index in [2.05, 4.69) is 42.2 Å². The monoisotopic (exact) mass is 614 g/mol. The maximum absolute atomic E-state index is 15.1. The molecule has 0 amide bonds. The standard InChI is InChI=1S/C20H24FN10O8PS/c21-10-13(33)9(38-19(10)30-5-26-11-14(22)24-4-25-15(11)30)3-36-40(35,41)39-8-1-7(2-32)37-18(8)31-6-27-12-16(31)28-20(23)29-17(12)34/h4-10,13,18-19,32-33H,1-3H2,(H,35,41)(H2,22,24,25)(H3,23,28,29,34)/t7-,8?,9+,10?,13-,18+,19+,40?/m0/s1. The number of alkyl halides is 1. The Labute approximate surface area is 233 Å². The fraction of sp³-hybridized carbons (Fsp3) is 0.500. The molecule has 0 saturated carbocycles. The van der Waals surface area contributed by atoms with Crippen molar-refractivity contribution in [1.29, 1.82) is 0 Å². The summed E-state index contributed by atoms with van der Waals surface area (Å²) in [6.45, 7) is -5.16. The van der Waals surface area contributed by atoms with Gasteiger partial charge in [0.25, 0.3) is 5.56 Å². The van der Waals surface area contributed by atoms with Gasteiger partial charge in [-0.2, -0.15) is 4.98 Å². The summed E-state index contributed by atoms with van der Waals surface area (Å²) in [5.41, 5.74) is 11.3. The fourth-order valence-corrected chi connectivity index (χ4v) is 6.29. The van der Waals surface area contributed by atoms with E-state index in [4.69, 9.17) is 30.0 Å². The molecular weight excluding hydrogens is 590 g/mol. The molecule has 7 N–H and O–H groups in total. The number of thiol groups is 1. The summed E-state index contributed by atoms with van der Waals surface area (Å²) >= 11 is 4.03. The molecule has 18 nitrogen and oxygen atoms in total. The van der Waals surface area contributed by atoms with Gasteiger partial charge in [0.2, 0.25) is 5.95 Å². The minimum atomic E-state index is -4.21. The van der Waals surface area contributed by atoms with Gasteiger partial charge in [0, 0.05) is 6.42 Å². The lowest BCUT2D eigenvalue weighted by Gasteiger charge is -2.24. The van der Waals surface area contributed by atoms with Gasteiger partial charge in [-0.3, -0.25) is 28.0 Å². The molecule has 6 heterocycles. The second kappa shape index (κ2) is 10.6. The molecule has 2 aliphatic heterocycles. The topological polar surface area (TPSA) is 254 Å². The minimum absolute atomic E-state index is 0.0261. The molecule has 0 spiro atoms. The number of ether oxygens (including phenoxy) is 2. The number of nitrogens with one attached hydrogen (secondary N) is 1. The lowest BCUT2D eigenvalue weighted by Crippen LogP contribution is -2.31. The Morgan fingerprint density at radius 1 is 1.15 bits per heavy atom. The molecule has 220 valence electrons. The van der Waals surface area contributed by atoms with Crippen molar-refractivity contribution < 1.29 is 37.7 Å². The van der Waals surface area contributed by atoms with Crippen molar-refractivity contribution in [3.05, 3.63) is 29.3 Å². The summed E-state index contributed by atoms with van der Waals surface area (Å²) in [5, 5.41) is 20.2. The van der Waals surface area contributed by atoms with E-state index in [1.165, 1.54) is 28.1 Å². The van der Waals surface area contributed by atoms with Crippen LogP contribution in [0.2, 0.25) is 0 Å². The number of aromatic nitrogens is 8. The Morgan fingerprint density at radius 2 is 1.88 bits per heavy atom. The average Bonchev–Trinajstić information content (AvgIpc) is 3.69. The molecule has 21 heteroatoms. The van der Waals surface area contributed by atoms with Crippen LogP contribution in [0.5, 0.6) is 0 Å². The van der Waals surface area contributed by atoms with Crippen LogP contribution in [0, 0.1) is 0 Å². The summed E-state index contributed by atoms with van der Waals surface area (Å²) in [6.07, 6.45) is -5.24. The lowest BCUT2D eigenvalue weighted by atomic mass is 10.1. The first-order valence-electron chi connectivity index (χ1n) is 12.1. The van der Waals surface area contributed by atoms with Crippen LogP contribution >= 0.6 is 19.0 Å². The molecule has 4 aromatic heterocycles. The molecule has 6 rings (SSSR count). The fourth-order valence-electron chi connectivity index (χ4n) is 4.79. The van der Waals surface area contributed by atoms with Crippen molar-refractivity contribution in [3.63, 3.8) is 0 Å². The van der Waals surface area contributed by atoms with Crippen LogP contribution in [0.3, 0.4) is 0 Å². The molecule has 0 aromatic carbocycles. The number of aliphatic hydroxyl groups excluding tert-OH is 2. The number of fused-ring (bicyclic) bond motifs is 2. The molecule has 2 fully saturated rings. The van der Waals surface area contributed by atoms with Gasteiger partial charge in [0.15, 0.2) is 41.3 Å². The van der Waals surface area contributed by atoms with E-state index in [0.29, 0.717) is 0 Å². The highest BCUT2D eigenvalue weighted by atomic mass is 32.7. The number of anilines is 2. The number of aliphatic hydroxyl groups is 2. The number of halogens is 1. The molecular formula is C20H24FN10O8PS. The molecule has 0 aliphatic carbocycles. The number of hydrogen-bond donors (Lipinski definition) is 6. The van der Waals surface area contributed by atoms with E-state index in [1.807, 2.05) is 0 Å². The highest BCUT2D eigenvalue weighted by Crippen LogP contribution is 2.57. The van der Waals surface area contributed by atoms with Gasteiger partial charge in [-0.05, 0) is 0 Å². The first-order chi connectivity index (χ1) is 19.6. The molecule has 3 unspecified atom stereocenters. The van der Waals surface area contributed by atoms with Gasteiger partial charge in [-0.1, -0.05) is 12.2 Å². The van der Waals surface area contributed by atoms with Crippen molar-refractivity contribution in [2.45, 2.75) is 49.5 Å². The molecule has 2 saturated heterocycles. The van der Waals surface area contributed by atoms with Crippen molar-refractivity contribution >= 4 is 53.1 Å². The summed E-state index contributed by atoms with van der Waals surface area (Å²) in [6, 6.07) is 0. The number of nitrogens with zero attached hydrogens (tertiary/aromatic N) is 7. The maximum atomic E-state index is 15.1. The second-order valence-corrected chi connectivity index (χ2v) is 12.2. The molecule has 0 radical (unpaired) electrons. The van der Waals surface area contributed by atoms with Crippen LogP contribution in [-0.2, 0) is 23.1 Å². The number of H-pyrrole nitrogens is 1. The van der Waals surface area contributed by atoms with Gasteiger partial charge in [0.1, 0.15) is 30.2 Å². The number of rotatable bonds is 8. The van der Waals surface area contributed by atoms with Gasteiger partial charge < -0.3 is 31.2 Å². The van der Waals surface area contributed by atoms with E-state index in [1.54, 1.807) is 0 Å². The zero-order chi connectivity index (χ0) is 29.1. The number of aromatic amines is 1. The summed E-state index contributed by atoms with van der Waals surface area (Å²) in [7, 11) is 0. The van der Waals surface area contributed by atoms with Crippen LogP contribution in [0.25, 0.3) is 22.3 Å². The SMILES string of the molecule is Nc1nc2c(ncn2[C@@H]2O[C@H](CO)CC2OP(=O)(S)OC[C@H]2O[C@@H](n3cnc4c(N)ncnc43)C(F)[C@H]2O)c(=O)[nH]1. The predicted molar refractivity (Wildman–Crippen MR) is 140 cm³/mol. The number of hydrogen-bond acceptors (Lipinski definition) is 15. The van der Waals surface area contributed by atoms with Gasteiger partial charge >= 0.3 is 6.80 Å². The third kappa shape index (κ3) is 5.06. The summed E-state index contributed by atoms with van der Waals surface area (Å²) < 4.78 is 53.4. The maximum Gasteiger partial charge on any atom is 0.386 e. The van der Waals surface area contributed by atoms with E-state index >= 15 is 4.39 Å². The highest BCUT2D eigenvalue weighted by molar-refractivity contribution is 8.44. The van der Waals surface area contributed by atoms with Gasteiger partial charge in [0.05, 0.1) is 32.0 Å². The quantitative estimate of drug-likeness (QED) is 0.107. The minimum Gasteiger partial charge on any atom is -0.394 e. The second-order valence-electron chi connectivity index (χ2n) is 9.33. The van der Waals surface area contributed by atoms with Gasteiger partial charge in [-0.25, -0.2) is 28.9 Å². The van der Waals surface area contributed by atoms with Crippen molar-refractivity contribution in [2.24, 2.45) is 0 Å². The molecule has 0 bridgehead atoms. The Morgan fingerprint density at radius 3 is 2.63 bits per heavy atom. The van der Waals surface area contributed by atoms with E-state index in [9.17, 15) is 19.6 Å². The Kier molecular flexibility index (Phi) is 7.19. The van der Waals surface area contributed by atoms with Crippen LogP contribution in [0.15, 0.2) is 23.8 Å². The van der Waals surface area contributed by atoms with Crippen LogP contribution < -0.4 is 17.0 Å².